The van der Waals surface area contributed by atoms with Gasteiger partial charge in [0.15, 0.2) is 6.61 Å². The first-order valence-electron chi connectivity index (χ1n) is 7.33. The van der Waals surface area contributed by atoms with E-state index in [1.54, 1.807) is 12.1 Å². The highest BCUT2D eigenvalue weighted by Gasteiger charge is 2.09. The van der Waals surface area contributed by atoms with Crippen LogP contribution in [0.5, 0.6) is 5.75 Å². The van der Waals surface area contributed by atoms with Crippen molar-refractivity contribution in [3.05, 3.63) is 29.3 Å². The van der Waals surface area contributed by atoms with Crippen LogP contribution in [0, 0.1) is 0 Å². The molecular weight excluding hydrogens is 325 g/mol. The van der Waals surface area contributed by atoms with Gasteiger partial charge in [-0.05, 0) is 25.1 Å². The molecule has 124 valence electrons. The van der Waals surface area contributed by atoms with E-state index in [4.69, 9.17) is 16.3 Å². The fraction of sp³-hybridized carbons (Fsp3) is 0.533. The Morgan fingerprint density at radius 1 is 1.32 bits per heavy atom. The molecule has 5 nitrogen and oxygen atoms in total. The molecule has 0 unspecified atom stereocenters. The van der Waals surface area contributed by atoms with E-state index < -0.39 is 0 Å². The van der Waals surface area contributed by atoms with Crippen LogP contribution >= 0.6 is 24.0 Å². The van der Waals surface area contributed by atoms with Gasteiger partial charge in [-0.25, -0.2) is 0 Å². The third-order valence-electron chi connectivity index (χ3n) is 3.38. The molecular formula is C15H23Cl2N3O2. The number of halogens is 2. The van der Waals surface area contributed by atoms with Gasteiger partial charge in [0, 0.05) is 32.7 Å². The first kappa shape index (κ1) is 19.0. The van der Waals surface area contributed by atoms with Gasteiger partial charge < -0.3 is 20.3 Å². The van der Waals surface area contributed by atoms with Crippen LogP contribution in [0.4, 0.5) is 0 Å². The SMILES string of the molecule is Cl.O=C(COc1ccccc1Cl)NCCCN1CCNCC1. The van der Waals surface area contributed by atoms with Crippen molar-refractivity contribution in [1.29, 1.82) is 0 Å². The number of carbonyl (C=O) groups is 1. The van der Waals surface area contributed by atoms with Crippen LogP contribution in [0.3, 0.4) is 0 Å². The molecule has 0 bridgehead atoms. The van der Waals surface area contributed by atoms with Crippen molar-refractivity contribution >= 4 is 29.9 Å². The number of para-hydroxylation sites is 1. The minimum absolute atomic E-state index is 0. The second kappa shape index (κ2) is 10.7. The van der Waals surface area contributed by atoms with Gasteiger partial charge in [0.25, 0.3) is 5.91 Å². The number of benzene rings is 1. The monoisotopic (exact) mass is 347 g/mol. The van der Waals surface area contributed by atoms with Gasteiger partial charge in [0.05, 0.1) is 5.02 Å². The van der Waals surface area contributed by atoms with E-state index in [9.17, 15) is 4.79 Å². The molecule has 0 saturated carbocycles. The van der Waals surface area contributed by atoms with Crippen molar-refractivity contribution in [2.75, 3.05) is 45.9 Å². The predicted molar refractivity (Wildman–Crippen MR) is 91.1 cm³/mol. The van der Waals surface area contributed by atoms with Gasteiger partial charge in [-0.3, -0.25) is 4.79 Å². The Bertz CT molecular complexity index is 454. The number of amides is 1. The number of hydrogen-bond acceptors (Lipinski definition) is 4. The lowest BCUT2D eigenvalue weighted by atomic mass is 10.3. The normalized spacial score (nSPS) is 15.0. The number of ether oxygens (including phenoxy) is 1. The topological polar surface area (TPSA) is 53.6 Å². The Hall–Kier alpha value is -1.01. The molecule has 0 aromatic heterocycles. The summed E-state index contributed by atoms with van der Waals surface area (Å²) in [6.45, 7) is 5.97. The van der Waals surface area contributed by atoms with Crippen molar-refractivity contribution in [3.63, 3.8) is 0 Å². The van der Waals surface area contributed by atoms with E-state index in [0.717, 1.165) is 39.1 Å². The van der Waals surface area contributed by atoms with Crippen LogP contribution in [-0.4, -0.2) is 56.7 Å². The van der Waals surface area contributed by atoms with Gasteiger partial charge in [0.1, 0.15) is 5.75 Å². The van der Waals surface area contributed by atoms with Crippen LogP contribution < -0.4 is 15.4 Å². The maximum absolute atomic E-state index is 11.7. The minimum atomic E-state index is -0.116. The average Bonchev–Trinajstić information content (AvgIpc) is 2.52. The third-order valence-corrected chi connectivity index (χ3v) is 3.69. The Labute approximate surface area is 142 Å². The standard InChI is InChI=1S/C15H22ClN3O2.ClH/c16-13-4-1-2-5-14(13)21-12-15(20)18-6-3-9-19-10-7-17-8-11-19;/h1-2,4-5,17H,3,6-12H2,(H,18,20);1H. The quantitative estimate of drug-likeness (QED) is 0.735. The molecule has 1 aliphatic heterocycles. The number of rotatable bonds is 7. The zero-order valence-electron chi connectivity index (χ0n) is 12.5. The largest absolute Gasteiger partial charge is 0.482 e. The highest BCUT2D eigenvalue weighted by molar-refractivity contribution is 6.32. The molecule has 1 heterocycles. The lowest BCUT2D eigenvalue weighted by Gasteiger charge is -2.27. The van der Waals surface area contributed by atoms with E-state index in [0.29, 0.717) is 17.3 Å². The lowest BCUT2D eigenvalue weighted by Crippen LogP contribution is -2.44. The molecule has 1 saturated heterocycles. The van der Waals surface area contributed by atoms with E-state index >= 15 is 0 Å². The summed E-state index contributed by atoms with van der Waals surface area (Å²) < 4.78 is 5.38. The Morgan fingerprint density at radius 3 is 2.77 bits per heavy atom. The van der Waals surface area contributed by atoms with Crippen molar-refractivity contribution in [2.45, 2.75) is 6.42 Å². The predicted octanol–water partition coefficient (Wildman–Crippen LogP) is 1.55. The summed E-state index contributed by atoms with van der Waals surface area (Å²) in [5.41, 5.74) is 0. The third kappa shape index (κ3) is 6.83. The number of hydrogen-bond donors (Lipinski definition) is 2. The Morgan fingerprint density at radius 2 is 2.05 bits per heavy atom. The molecule has 1 aromatic rings. The summed E-state index contributed by atoms with van der Waals surface area (Å²) in [6, 6.07) is 7.14. The minimum Gasteiger partial charge on any atom is -0.482 e. The molecule has 1 fully saturated rings. The number of piperazine rings is 1. The van der Waals surface area contributed by atoms with Crippen LogP contribution in [0.15, 0.2) is 24.3 Å². The fourth-order valence-electron chi connectivity index (χ4n) is 2.22. The second-order valence-electron chi connectivity index (χ2n) is 5.01. The van der Waals surface area contributed by atoms with E-state index in [1.807, 2.05) is 12.1 Å². The maximum atomic E-state index is 11.7. The molecule has 0 atom stereocenters. The summed E-state index contributed by atoms with van der Waals surface area (Å²) in [4.78, 5) is 14.1. The molecule has 1 amide bonds. The van der Waals surface area contributed by atoms with E-state index in [1.165, 1.54) is 0 Å². The molecule has 2 rings (SSSR count). The molecule has 0 radical (unpaired) electrons. The van der Waals surface area contributed by atoms with Crippen molar-refractivity contribution in [2.24, 2.45) is 0 Å². The summed E-state index contributed by atoms with van der Waals surface area (Å²) in [5.74, 6) is 0.422. The fourth-order valence-corrected chi connectivity index (χ4v) is 2.41. The average molecular weight is 348 g/mol. The number of nitrogens with zero attached hydrogens (tertiary/aromatic N) is 1. The van der Waals surface area contributed by atoms with Gasteiger partial charge >= 0.3 is 0 Å². The Kier molecular flexibility index (Phi) is 9.24. The second-order valence-corrected chi connectivity index (χ2v) is 5.42. The zero-order chi connectivity index (χ0) is 14.9. The van der Waals surface area contributed by atoms with Gasteiger partial charge in [0.2, 0.25) is 0 Å². The van der Waals surface area contributed by atoms with Gasteiger partial charge in [-0.2, -0.15) is 0 Å². The van der Waals surface area contributed by atoms with E-state index in [2.05, 4.69) is 15.5 Å². The molecule has 7 heteroatoms. The molecule has 2 N–H and O–H groups in total. The summed E-state index contributed by atoms with van der Waals surface area (Å²) in [6.07, 6.45) is 0.956. The summed E-state index contributed by atoms with van der Waals surface area (Å²) in [7, 11) is 0. The Balaban J connectivity index is 0.00000242. The van der Waals surface area contributed by atoms with Crippen molar-refractivity contribution < 1.29 is 9.53 Å². The highest BCUT2D eigenvalue weighted by Crippen LogP contribution is 2.22. The summed E-state index contributed by atoms with van der Waals surface area (Å²) >= 11 is 5.95. The molecule has 22 heavy (non-hydrogen) atoms. The van der Waals surface area contributed by atoms with Crippen LogP contribution in [0.2, 0.25) is 5.02 Å². The smallest absolute Gasteiger partial charge is 0.257 e. The van der Waals surface area contributed by atoms with E-state index in [-0.39, 0.29) is 24.9 Å². The van der Waals surface area contributed by atoms with Gasteiger partial charge in [-0.1, -0.05) is 23.7 Å². The van der Waals surface area contributed by atoms with Crippen LogP contribution in [-0.2, 0) is 4.79 Å². The first-order chi connectivity index (χ1) is 10.3. The van der Waals surface area contributed by atoms with Crippen LogP contribution in [0.25, 0.3) is 0 Å². The zero-order valence-corrected chi connectivity index (χ0v) is 14.1. The first-order valence-corrected chi connectivity index (χ1v) is 7.70. The molecule has 1 aliphatic rings. The molecule has 0 aliphatic carbocycles. The highest BCUT2D eigenvalue weighted by atomic mass is 35.5. The molecule has 0 spiro atoms. The maximum Gasteiger partial charge on any atom is 0.257 e. The van der Waals surface area contributed by atoms with Gasteiger partial charge in [-0.15, -0.1) is 12.4 Å². The van der Waals surface area contributed by atoms with Crippen LogP contribution in [0.1, 0.15) is 6.42 Å². The summed E-state index contributed by atoms with van der Waals surface area (Å²) in [5, 5.41) is 6.70. The van der Waals surface area contributed by atoms with Crippen molar-refractivity contribution in [1.82, 2.24) is 15.5 Å². The number of nitrogens with one attached hydrogen (secondary N) is 2. The lowest BCUT2D eigenvalue weighted by molar-refractivity contribution is -0.123. The van der Waals surface area contributed by atoms with Crippen molar-refractivity contribution in [3.8, 4) is 5.75 Å². The molecule has 1 aromatic carbocycles. The number of carbonyl (C=O) groups excluding carboxylic acids is 1.